The predicted molar refractivity (Wildman–Crippen MR) is 84.6 cm³/mol. The van der Waals surface area contributed by atoms with Crippen molar-refractivity contribution in [3.8, 4) is 5.75 Å². The van der Waals surface area contributed by atoms with Crippen LogP contribution in [0.25, 0.3) is 0 Å². The Bertz CT molecular complexity index is 639. The van der Waals surface area contributed by atoms with Gasteiger partial charge in [0.05, 0.1) is 19.6 Å². The molecule has 1 N–H and O–H groups in total. The second-order valence-corrected chi connectivity index (χ2v) is 6.50. The van der Waals surface area contributed by atoms with Crippen LogP contribution in [0.15, 0.2) is 34.3 Å². The Kier molecular flexibility index (Phi) is 4.91. The maximum atomic E-state index is 12.0. The third-order valence-electron chi connectivity index (χ3n) is 3.21. The van der Waals surface area contributed by atoms with Gasteiger partial charge < -0.3 is 14.8 Å². The number of carbonyl (C=O) groups is 1. The minimum Gasteiger partial charge on any atom is -0.497 e. The van der Waals surface area contributed by atoms with E-state index in [0.29, 0.717) is 23.5 Å². The molecule has 22 heavy (non-hydrogen) atoms. The van der Waals surface area contributed by atoms with Gasteiger partial charge in [-0.05, 0) is 42.4 Å². The first kappa shape index (κ1) is 15.3. The van der Waals surface area contributed by atoms with Crippen molar-refractivity contribution in [3.05, 3.63) is 24.3 Å². The fourth-order valence-corrected chi connectivity index (χ4v) is 3.42. The van der Waals surface area contributed by atoms with Crippen LogP contribution < -0.4 is 10.1 Å². The third kappa shape index (κ3) is 3.76. The maximum absolute atomic E-state index is 12.0. The number of carbonyl (C=O) groups excluding carboxylic acids is 1. The molecule has 1 unspecified atom stereocenters. The van der Waals surface area contributed by atoms with Crippen LogP contribution in [-0.2, 0) is 9.53 Å². The summed E-state index contributed by atoms with van der Waals surface area (Å²) >= 11 is 2.63. The van der Waals surface area contributed by atoms with Crippen molar-refractivity contribution in [2.75, 3.05) is 25.6 Å². The van der Waals surface area contributed by atoms with Crippen molar-refractivity contribution in [3.63, 3.8) is 0 Å². The summed E-state index contributed by atoms with van der Waals surface area (Å²) in [5.41, 5.74) is 0. The van der Waals surface area contributed by atoms with Gasteiger partial charge >= 0.3 is 0 Å². The summed E-state index contributed by atoms with van der Waals surface area (Å²) in [6.07, 6.45) is 0.762. The third-order valence-corrected chi connectivity index (χ3v) is 4.83. The van der Waals surface area contributed by atoms with Gasteiger partial charge in [-0.3, -0.25) is 4.79 Å². The molecular formula is C14H15N3O3S2. The van der Waals surface area contributed by atoms with Crippen LogP contribution in [0.2, 0.25) is 0 Å². The van der Waals surface area contributed by atoms with E-state index in [1.54, 1.807) is 7.11 Å². The summed E-state index contributed by atoms with van der Waals surface area (Å²) in [4.78, 5) is 17.3. The molecule has 1 aromatic carbocycles. The molecule has 0 spiro atoms. The first-order valence-corrected chi connectivity index (χ1v) is 8.38. The smallest absolute Gasteiger partial charge is 0.231 e. The van der Waals surface area contributed by atoms with Gasteiger partial charge in [0.1, 0.15) is 5.75 Å². The van der Waals surface area contributed by atoms with E-state index >= 15 is 0 Å². The summed E-state index contributed by atoms with van der Waals surface area (Å²) in [6, 6.07) is 7.66. The molecule has 1 fully saturated rings. The highest BCUT2D eigenvalue weighted by atomic mass is 32.2. The molecule has 2 heterocycles. The Balaban J connectivity index is 1.59. The number of methoxy groups -OCH3 is 1. The fourth-order valence-electron chi connectivity index (χ4n) is 2.00. The molecular weight excluding hydrogens is 322 g/mol. The number of hydrogen-bond acceptors (Lipinski definition) is 7. The minimum atomic E-state index is -0.0819. The van der Waals surface area contributed by atoms with E-state index in [1.807, 2.05) is 24.3 Å². The predicted octanol–water partition coefficient (Wildman–Crippen LogP) is 2.67. The van der Waals surface area contributed by atoms with Crippen LogP contribution in [0.4, 0.5) is 5.13 Å². The first-order valence-electron chi connectivity index (χ1n) is 6.79. The largest absolute Gasteiger partial charge is 0.497 e. The van der Waals surface area contributed by atoms with Gasteiger partial charge in [0.25, 0.3) is 0 Å². The van der Waals surface area contributed by atoms with E-state index in [1.165, 1.54) is 23.3 Å². The molecule has 0 saturated carbocycles. The van der Waals surface area contributed by atoms with Crippen LogP contribution >= 0.6 is 23.3 Å². The van der Waals surface area contributed by atoms with E-state index in [0.717, 1.165) is 17.1 Å². The Morgan fingerprint density at radius 1 is 1.45 bits per heavy atom. The number of anilines is 1. The van der Waals surface area contributed by atoms with Crippen molar-refractivity contribution in [2.45, 2.75) is 16.5 Å². The van der Waals surface area contributed by atoms with E-state index in [9.17, 15) is 4.79 Å². The van der Waals surface area contributed by atoms with E-state index in [2.05, 4.69) is 14.7 Å². The summed E-state index contributed by atoms with van der Waals surface area (Å²) in [5, 5.41) is 3.94. The molecule has 1 atom stereocenters. The zero-order chi connectivity index (χ0) is 15.4. The fraction of sp³-hybridized carbons (Fsp3) is 0.357. The van der Waals surface area contributed by atoms with Gasteiger partial charge in [-0.15, -0.1) is 0 Å². The molecule has 1 aliphatic rings. The number of benzene rings is 1. The Labute approximate surface area is 136 Å². The number of nitrogens with one attached hydrogen (secondary N) is 1. The average molecular weight is 337 g/mol. The van der Waals surface area contributed by atoms with Crippen molar-refractivity contribution in [1.82, 2.24) is 9.36 Å². The van der Waals surface area contributed by atoms with Crippen LogP contribution in [0.1, 0.15) is 6.42 Å². The van der Waals surface area contributed by atoms with Crippen molar-refractivity contribution >= 4 is 34.3 Å². The highest BCUT2D eigenvalue weighted by molar-refractivity contribution is 7.99. The number of aromatic nitrogens is 2. The molecule has 0 bridgehead atoms. The highest BCUT2D eigenvalue weighted by Crippen LogP contribution is 2.29. The van der Waals surface area contributed by atoms with E-state index in [-0.39, 0.29) is 11.8 Å². The molecule has 1 saturated heterocycles. The lowest BCUT2D eigenvalue weighted by molar-refractivity contribution is -0.119. The Morgan fingerprint density at radius 2 is 2.27 bits per heavy atom. The zero-order valence-corrected chi connectivity index (χ0v) is 13.6. The molecule has 1 amide bonds. The quantitative estimate of drug-likeness (QED) is 0.904. The number of amides is 1. The van der Waals surface area contributed by atoms with Gasteiger partial charge in [-0.25, -0.2) is 0 Å². The minimum absolute atomic E-state index is 0.0466. The Hall–Kier alpha value is -1.64. The second-order valence-electron chi connectivity index (χ2n) is 4.71. The van der Waals surface area contributed by atoms with Crippen molar-refractivity contribution in [2.24, 2.45) is 5.92 Å². The van der Waals surface area contributed by atoms with Crippen molar-refractivity contribution < 1.29 is 14.3 Å². The second kappa shape index (κ2) is 7.08. The van der Waals surface area contributed by atoms with Gasteiger partial charge in [0.15, 0.2) is 0 Å². The average Bonchev–Trinajstić information content (AvgIpc) is 3.20. The van der Waals surface area contributed by atoms with Crippen molar-refractivity contribution in [1.29, 1.82) is 0 Å². The molecule has 116 valence electrons. The number of nitrogens with zero attached hydrogens (tertiary/aromatic N) is 2. The monoisotopic (exact) mass is 337 g/mol. The summed E-state index contributed by atoms with van der Waals surface area (Å²) in [6.45, 7) is 1.13. The number of rotatable bonds is 5. The zero-order valence-electron chi connectivity index (χ0n) is 11.9. The molecule has 1 aliphatic heterocycles. The van der Waals surface area contributed by atoms with Gasteiger partial charge in [-0.1, -0.05) is 0 Å². The molecule has 0 aliphatic carbocycles. The van der Waals surface area contributed by atoms with E-state index < -0.39 is 0 Å². The van der Waals surface area contributed by atoms with Crippen LogP contribution in [-0.4, -0.2) is 35.6 Å². The molecule has 6 nitrogen and oxygen atoms in total. The summed E-state index contributed by atoms with van der Waals surface area (Å²) in [7, 11) is 1.63. The van der Waals surface area contributed by atoms with Crippen LogP contribution in [0, 0.1) is 5.92 Å². The molecule has 2 aromatic rings. The summed E-state index contributed by atoms with van der Waals surface area (Å²) < 4.78 is 14.6. The molecule has 0 radical (unpaired) electrons. The lowest BCUT2D eigenvalue weighted by atomic mass is 10.1. The highest BCUT2D eigenvalue weighted by Gasteiger charge is 2.24. The normalized spacial score (nSPS) is 17.4. The SMILES string of the molecule is COc1ccc(Sc2nsc(NC(=O)C3CCOC3)n2)cc1. The molecule has 1 aromatic heterocycles. The van der Waals surface area contributed by atoms with Gasteiger partial charge in [0.2, 0.25) is 16.2 Å². The Morgan fingerprint density at radius 3 is 2.95 bits per heavy atom. The number of ether oxygens (including phenoxy) is 2. The summed E-state index contributed by atoms with van der Waals surface area (Å²) in [5.74, 6) is 0.679. The first-order chi connectivity index (χ1) is 10.7. The van der Waals surface area contributed by atoms with Crippen LogP contribution in [0.3, 0.4) is 0 Å². The van der Waals surface area contributed by atoms with Crippen LogP contribution in [0.5, 0.6) is 5.75 Å². The lowest BCUT2D eigenvalue weighted by Crippen LogP contribution is -2.22. The van der Waals surface area contributed by atoms with Gasteiger partial charge in [0, 0.05) is 23.0 Å². The standard InChI is InChI=1S/C14H15N3O3S2/c1-19-10-2-4-11(5-3-10)21-14-16-13(22-17-14)15-12(18)9-6-7-20-8-9/h2-5,9H,6-8H2,1H3,(H,15,16,17,18). The number of hydrogen-bond donors (Lipinski definition) is 1. The molecule has 3 rings (SSSR count). The molecule has 8 heteroatoms. The van der Waals surface area contributed by atoms with Gasteiger partial charge in [-0.2, -0.15) is 9.36 Å². The lowest BCUT2D eigenvalue weighted by Gasteiger charge is -2.05. The maximum Gasteiger partial charge on any atom is 0.231 e. The van der Waals surface area contributed by atoms with E-state index in [4.69, 9.17) is 9.47 Å². The topological polar surface area (TPSA) is 73.3 Å².